The Labute approximate surface area is 150 Å². The molecule has 3 nitrogen and oxygen atoms in total. The Hall–Kier alpha value is -0.0300. The first-order valence-electron chi connectivity index (χ1n) is 7.57. The highest BCUT2D eigenvalue weighted by Crippen LogP contribution is 2.18. The molecule has 1 aliphatic rings. The molecule has 22 heavy (non-hydrogen) atoms. The molecule has 0 unspecified atom stereocenters. The monoisotopic (exact) mass is 368 g/mol. The van der Waals surface area contributed by atoms with Gasteiger partial charge in [0.2, 0.25) is 0 Å². The van der Waals surface area contributed by atoms with Gasteiger partial charge in [0.1, 0.15) is 0 Å². The van der Waals surface area contributed by atoms with Gasteiger partial charge in [-0.3, -0.25) is 0 Å². The van der Waals surface area contributed by atoms with Gasteiger partial charge in [-0.25, -0.2) is 0 Å². The van der Waals surface area contributed by atoms with E-state index in [1.54, 1.807) is 0 Å². The van der Waals surface area contributed by atoms with Crippen LogP contribution in [0.4, 0.5) is 0 Å². The Bertz CT molecular complexity index is 414. The number of nitrogens with one attached hydrogen (secondary N) is 1. The molecule has 0 aromatic heterocycles. The van der Waals surface area contributed by atoms with Gasteiger partial charge in [-0.2, -0.15) is 0 Å². The zero-order valence-corrected chi connectivity index (χ0v) is 15.1. The third-order valence-corrected chi connectivity index (χ3v) is 4.50. The minimum Gasteiger partial charge on any atom is -0.390 e. The van der Waals surface area contributed by atoms with Gasteiger partial charge in [0.25, 0.3) is 0 Å². The van der Waals surface area contributed by atoms with Crippen molar-refractivity contribution in [1.29, 1.82) is 0 Å². The van der Waals surface area contributed by atoms with Gasteiger partial charge in [-0.1, -0.05) is 49.1 Å². The van der Waals surface area contributed by atoms with Crippen molar-refractivity contribution in [3.8, 4) is 0 Å². The number of rotatable bonds is 6. The molecule has 1 saturated carbocycles. The summed E-state index contributed by atoms with van der Waals surface area (Å²) in [7, 11) is 0. The lowest BCUT2D eigenvalue weighted by molar-refractivity contribution is 0.135. The van der Waals surface area contributed by atoms with Crippen LogP contribution in [-0.2, 0) is 6.42 Å². The van der Waals surface area contributed by atoms with Crippen LogP contribution in [0, 0.1) is 0 Å². The summed E-state index contributed by atoms with van der Waals surface area (Å²) in [6, 6.07) is 7.93. The normalized spacial score (nSPS) is 18.0. The van der Waals surface area contributed by atoms with Gasteiger partial charge in [0, 0.05) is 23.7 Å². The van der Waals surface area contributed by atoms with Crippen molar-refractivity contribution < 1.29 is 5.11 Å². The van der Waals surface area contributed by atoms with Crippen LogP contribution in [0.25, 0.3) is 0 Å². The molecule has 0 bridgehead atoms. The molecule has 0 aliphatic heterocycles. The quantitative estimate of drug-likeness (QED) is 0.721. The highest BCUT2D eigenvalue weighted by atomic mass is 35.5. The summed E-state index contributed by atoms with van der Waals surface area (Å²) < 4.78 is 0. The summed E-state index contributed by atoms with van der Waals surface area (Å²) in [5.74, 6) is 0. The van der Waals surface area contributed by atoms with Gasteiger partial charge in [-0.15, -0.1) is 24.8 Å². The second-order valence-corrected chi connectivity index (χ2v) is 6.18. The number of halogens is 3. The lowest BCUT2D eigenvalue weighted by Gasteiger charge is -2.26. The van der Waals surface area contributed by atoms with E-state index in [0.717, 1.165) is 10.6 Å². The van der Waals surface area contributed by atoms with Crippen molar-refractivity contribution >= 4 is 36.4 Å². The van der Waals surface area contributed by atoms with Crippen molar-refractivity contribution in [2.24, 2.45) is 5.73 Å². The molecule has 0 amide bonds. The molecule has 4 N–H and O–H groups in total. The van der Waals surface area contributed by atoms with Crippen LogP contribution in [0.15, 0.2) is 24.3 Å². The maximum Gasteiger partial charge on any atom is 0.0818 e. The van der Waals surface area contributed by atoms with Crippen LogP contribution in [0.5, 0.6) is 0 Å². The molecular formula is C16H27Cl3N2O. The number of benzene rings is 1. The zero-order valence-electron chi connectivity index (χ0n) is 12.7. The summed E-state index contributed by atoms with van der Waals surface area (Å²) in [5.41, 5.74) is 7.08. The molecule has 2 rings (SSSR count). The molecule has 128 valence electrons. The van der Waals surface area contributed by atoms with E-state index in [2.05, 4.69) is 5.32 Å². The van der Waals surface area contributed by atoms with Crippen molar-refractivity contribution in [1.82, 2.24) is 5.32 Å². The first-order valence-corrected chi connectivity index (χ1v) is 7.95. The minimum atomic E-state index is -0.534. The number of aliphatic hydroxyl groups is 1. The Kier molecular flexibility index (Phi) is 11.5. The first-order chi connectivity index (χ1) is 9.66. The highest BCUT2D eigenvalue weighted by Gasteiger charge is 2.19. The zero-order chi connectivity index (χ0) is 14.4. The minimum absolute atomic E-state index is 0. The van der Waals surface area contributed by atoms with E-state index in [0.29, 0.717) is 19.0 Å². The average molecular weight is 370 g/mol. The summed E-state index contributed by atoms with van der Waals surface area (Å²) in [4.78, 5) is 0. The lowest BCUT2D eigenvalue weighted by atomic mass is 9.95. The molecule has 1 fully saturated rings. The molecule has 6 heteroatoms. The largest absolute Gasteiger partial charge is 0.390 e. The van der Waals surface area contributed by atoms with Crippen LogP contribution in [0.3, 0.4) is 0 Å². The first kappa shape index (κ1) is 22.0. The fraction of sp³-hybridized carbons (Fsp3) is 0.625. The van der Waals surface area contributed by atoms with E-state index < -0.39 is 6.10 Å². The maximum atomic E-state index is 10.2. The smallest absolute Gasteiger partial charge is 0.0818 e. The van der Waals surface area contributed by atoms with Crippen LogP contribution < -0.4 is 11.1 Å². The van der Waals surface area contributed by atoms with Gasteiger partial charge < -0.3 is 16.2 Å². The van der Waals surface area contributed by atoms with E-state index in [9.17, 15) is 5.11 Å². The molecule has 1 aliphatic carbocycles. The third kappa shape index (κ3) is 7.03. The lowest BCUT2D eigenvalue weighted by Crippen LogP contribution is -2.46. The Morgan fingerprint density at radius 2 is 1.82 bits per heavy atom. The fourth-order valence-corrected chi connectivity index (χ4v) is 3.01. The second kappa shape index (κ2) is 11.5. The van der Waals surface area contributed by atoms with Gasteiger partial charge in [-0.05, 0) is 30.9 Å². The number of nitrogens with two attached hydrogens (primary N) is 1. The van der Waals surface area contributed by atoms with Gasteiger partial charge in [0.05, 0.1) is 6.10 Å². The van der Waals surface area contributed by atoms with Crippen LogP contribution in [0.2, 0.25) is 5.02 Å². The number of aliphatic hydroxyl groups excluding tert-OH is 1. The average Bonchev–Trinajstić information content (AvgIpc) is 2.48. The van der Waals surface area contributed by atoms with Crippen molar-refractivity contribution in [2.75, 3.05) is 6.54 Å². The molecule has 0 radical (unpaired) electrons. The highest BCUT2D eigenvalue weighted by molar-refractivity contribution is 6.31. The Morgan fingerprint density at radius 1 is 1.18 bits per heavy atom. The maximum absolute atomic E-state index is 10.2. The Morgan fingerprint density at radius 3 is 2.45 bits per heavy atom. The summed E-state index contributed by atoms with van der Waals surface area (Å²) in [6.07, 6.45) is 6.42. The predicted octanol–water partition coefficient (Wildman–Crippen LogP) is 3.34. The predicted molar refractivity (Wildman–Crippen MR) is 98.5 cm³/mol. The van der Waals surface area contributed by atoms with Crippen molar-refractivity contribution in [3.05, 3.63) is 34.9 Å². The molecule has 1 aromatic carbocycles. The number of hydrogen-bond donors (Lipinski definition) is 3. The summed E-state index contributed by atoms with van der Waals surface area (Å²) >= 11 is 6.12. The van der Waals surface area contributed by atoms with Crippen LogP contribution >= 0.6 is 36.4 Å². The third-order valence-electron chi connectivity index (χ3n) is 4.13. The standard InChI is InChI=1S/C16H25ClN2O.2ClH/c17-14-9-5-4-6-12(14)10-15(18)16(20)11-19-13-7-2-1-3-8-13;;/h4-6,9,13,15-16,19-20H,1-3,7-8,10-11,18H2;2*1H/t15-,16+;;/m0../s1. The van der Waals surface area contributed by atoms with Crippen LogP contribution in [0.1, 0.15) is 37.7 Å². The molecule has 0 spiro atoms. The topological polar surface area (TPSA) is 58.3 Å². The second-order valence-electron chi connectivity index (χ2n) is 5.77. The summed E-state index contributed by atoms with van der Waals surface area (Å²) in [6.45, 7) is 0.566. The van der Waals surface area contributed by atoms with Crippen LogP contribution in [-0.4, -0.2) is 29.8 Å². The van der Waals surface area contributed by atoms with Crippen molar-refractivity contribution in [3.63, 3.8) is 0 Å². The van der Waals surface area contributed by atoms with Gasteiger partial charge in [0.15, 0.2) is 0 Å². The SMILES string of the molecule is Cl.Cl.N[C@@H](Cc1ccccc1Cl)[C@H](O)CNC1CCCCC1. The molecule has 2 atom stereocenters. The van der Waals surface area contributed by atoms with E-state index in [-0.39, 0.29) is 30.9 Å². The van der Waals surface area contributed by atoms with E-state index >= 15 is 0 Å². The molecule has 0 heterocycles. The molecule has 0 saturated heterocycles. The number of hydrogen-bond acceptors (Lipinski definition) is 3. The van der Waals surface area contributed by atoms with Crippen molar-refractivity contribution in [2.45, 2.75) is 56.7 Å². The van der Waals surface area contributed by atoms with E-state index in [4.69, 9.17) is 17.3 Å². The Balaban J connectivity index is 0.00000220. The summed E-state index contributed by atoms with van der Waals surface area (Å²) in [5, 5.41) is 14.3. The van der Waals surface area contributed by atoms with Gasteiger partial charge >= 0.3 is 0 Å². The molecular weight excluding hydrogens is 343 g/mol. The van der Waals surface area contributed by atoms with E-state index in [1.807, 2.05) is 24.3 Å². The van der Waals surface area contributed by atoms with E-state index in [1.165, 1.54) is 32.1 Å². The molecule has 1 aromatic rings. The fourth-order valence-electron chi connectivity index (χ4n) is 2.80.